The first-order valence-electron chi connectivity index (χ1n) is 10.7. The van der Waals surface area contributed by atoms with Gasteiger partial charge in [0.05, 0.1) is 13.2 Å². The third-order valence-corrected chi connectivity index (χ3v) is 5.68. The average molecular weight is 405 g/mol. The summed E-state index contributed by atoms with van der Waals surface area (Å²) >= 11 is 0. The molecule has 0 aromatic heterocycles. The molecule has 0 fully saturated rings. The predicted molar refractivity (Wildman–Crippen MR) is 116 cm³/mol. The molecule has 1 heterocycles. The molecule has 0 N–H and O–H groups in total. The number of hydrogen-bond donors (Lipinski definition) is 0. The Labute approximate surface area is 177 Å². The van der Waals surface area contributed by atoms with Gasteiger partial charge >= 0.3 is 0 Å². The largest absolute Gasteiger partial charge is 0.494 e. The first-order chi connectivity index (χ1) is 14.6. The Morgan fingerprint density at radius 2 is 1.67 bits per heavy atom. The molecule has 30 heavy (non-hydrogen) atoms. The second-order valence-corrected chi connectivity index (χ2v) is 7.52. The number of anilines is 1. The maximum Gasteiger partial charge on any atom is 0.232 e. The van der Waals surface area contributed by atoms with E-state index in [0.29, 0.717) is 26.1 Å². The van der Waals surface area contributed by atoms with Crippen molar-refractivity contribution < 1.29 is 19.1 Å². The summed E-state index contributed by atoms with van der Waals surface area (Å²) in [6, 6.07) is 15.3. The summed E-state index contributed by atoms with van der Waals surface area (Å²) in [7, 11) is 0. The van der Waals surface area contributed by atoms with Gasteiger partial charge in [-0.3, -0.25) is 14.5 Å². The molecule has 5 heteroatoms. The third-order valence-electron chi connectivity index (χ3n) is 5.68. The van der Waals surface area contributed by atoms with Crippen LogP contribution in [0.25, 0.3) is 0 Å². The van der Waals surface area contributed by atoms with Crippen LogP contribution in [-0.2, 0) is 9.59 Å². The van der Waals surface area contributed by atoms with Crippen molar-refractivity contribution in [1.29, 1.82) is 0 Å². The lowest BCUT2D eigenvalue weighted by molar-refractivity contribution is -0.119. The summed E-state index contributed by atoms with van der Waals surface area (Å²) in [5, 5.41) is 0. The van der Waals surface area contributed by atoms with Gasteiger partial charge in [-0.25, -0.2) is 0 Å². The molecule has 1 amide bonds. The summed E-state index contributed by atoms with van der Waals surface area (Å²) in [5.74, 6) is 1.39. The Morgan fingerprint density at radius 1 is 0.933 bits per heavy atom. The Balaban J connectivity index is 1.79. The Hall–Kier alpha value is -3.08. The van der Waals surface area contributed by atoms with E-state index in [2.05, 4.69) is 0 Å². The van der Waals surface area contributed by atoms with Crippen LogP contribution in [0.4, 0.5) is 5.69 Å². The number of benzene rings is 2. The number of allylic oxidation sites excluding steroid dienone is 2. The second-order valence-electron chi connectivity index (χ2n) is 7.52. The molecule has 1 atom stereocenters. The zero-order valence-electron chi connectivity index (χ0n) is 17.5. The van der Waals surface area contributed by atoms with E-state index in [1.165, 1.54) is 0 Å². The van der Waals surface area contributed by atoms with Crippen molar-refractivity contribution in [3.8, 4) is 11.5 Å². The fourth-order valence-electron chi connectivity index (χ4n) is 4.47. The summed E-state index contributed by atoms with van der Waals surface area (Å²) in [5.41, 5.74) is 3.30. The van der Waals surface area contributed by atoms with Crippen LogP contribution in [0, 0.1) is 0 Å². The minimum atomic E-state index is -0.262. The van der Waals surface area contributed by atoms with Gasteiger partial charge < -0.3 is 9.47 Å². The number of amides is 1. The van der Waals surface area contributed by atoms with Gasteiger partial charge in [-0.1, -0.05) is 18.2 Å². The quantitative estimate of drug-likeness (QED) is 0.678. The number of ether oxygens (including phenoxy) is 2. The second kappa shape index (κ2) is 8.74. The van der Waals surface area contributed by atoms with Crippen molar-refractivity contribution >= 4 is 17.4 Å². The van der Waals surface area contributed by atoms with Gasteiger partial charge in [-0.15, -0.1) is 0 Å². The van der Waals surface area contributed by atoms with Crippen molar-refractivity contribution in [2.24, 2.45) is 0 Å². The molecule has 2 aromatic rings. The number of Topliss-reactive ketones (excluding diaryl/α,β-unsaturated/α-hetero) is 1. The Kier molecular flexibility index (Phi) is 5.88. The van der Waals surface area contributed by atoms with Crippen LogP contribution in [0.3, 0.4) is 0 Å². The fraction of sp³-hybridized carbons (Fsp3) is 0.360. The van der Waals surface area contributed by atoms with Gasteiger partial charge in [-0.2, -0.15) is 0 Å². The molecule has 2 aliphatic rings. The van der Waals surface area contributed by atoms with Gasteiger partial charge in [0.1, 0.15) is 11.5 Å². The van der Waals surface area contributed by atoms with Gasteiger partial charge in [0.15, 0.2) is 5.78 Å². The van der Waals surface area contributed by atoms with E-state index in [-0.39, 0.29) is 24.0 Å². The lowest BCUT2D eigenvalue weighted by Gasteiger charge is -2.38. The maximum absolute atomic E-state index is 13.3. The van der Waals surface area contributed by atoms with E-state index in [1.54, 1.807) is 4.90 Å². The predicted octanol–water partition coefficient (Wildman–Crippen LogP) is 5.01. The number of carbonyl (C=O) groups excluding carboxylic acids is 2. The molecular weight excluding hydrogens is 378 g/mol. The molecule has 0 bridgehead atoms. The van der Waals surface area contributed by atoms with Crippen molar-refractivity contribution in [3.05, 3.63) is 65.4 Å². The molecule has 0 radical (unpaired) electrons. The number of hydrogen-bond acceptors (Lipinski definition) is 4. The molecule has 0 spiro atoms. The number of para-hydroxylation sites is 1. The Morgan fingerprint density at radius 3 is 2.40 bits per heavy atom. The number of carbonyl (C=O) groups is 2. The highest BCUT2D eigenvalue weighted by Gasteiger charge is 2.40. The molecule has 2 aromatic carbocycles. The lowest BCUT2D eigenvalue weighted by Crippen LogP contribution is -2.40. The highest BCUT2D eigenvalue weighted by Crippen LogP contribution is 2.45. The molecule has 5 nitrogen and oxygen atoms in total. The maximum atomic E-state index is 13.3. The first-order valence-corrected chi connectivity index (χ1v) is 10.7. The van der Waals surface area contributed by atoms with Crippen LogP contribution >= 0.6 is 0 Å². The lowest BCUT2D eigenvalue weighted by atomic mass is 9.77. The molecule has 156 valence electrons. The number of rotatable bonds is 6. The number of nitrogens with zero attached hydrogens (tertiary/aromatic N) is 1. The summed E-state index contributed by atoms with van der Waals surface area (Å²) in [6.07, 6.45) is 2.25. The van der Waals surface area contributed by atoms with Gasteiger partial charge in [0.25, 0.3) is 0 Å². The molecule has 4 rings (SSSR count). The van der Waals surface area contributed by atoms with Crippen LogP contribution in [0.2, 0.25) is 0 Å². The van der Waals surface area contributed by atoms with Gasteiger partial charge in [0.2, 0.25) is 5.91 Å². The van der Waals surface area contributed by atoms with E-state index in [9.17, 15) is 9.59 Å². The SMILES string of the molecule is CCOc1ccc(N2C(=O)CC(c3ccccc3OCC)C3=C2CCCC3=O)cc1. The van der Waals surface area contributed by atoms with Gasteiger partial charge in [-0.05, 0) is 57.0 Å². The zero-order chi connectivity index (χ0) is 21.1. The average Bonchev–Trinajstić information content (AvgIpc) is 2.75. The first kappa shape index (κ1) is 20.2. The summed E-state index contributed by atoms with van der Waals surface area (Å²) < 4.78 is 11.3. The minimum absolute atomic E-state index is 0.00362. The molecule has 0 saturated heterocycles. The minimum Gasteiger partial charge on any atom is -0.494 e. The summed E-state index contributed by atoms with van der Waals surface area (Å²) in [4.78, 5) is 28.1. The van der Waals surface area contributed by atoms with Crippen LogP contribution in [0.5, 0.6) is 11.5 Å². The zero-order valence-corrected chi connectivity index (χ0v) is 17.5. The van der Waals surface area contributed by atoms with Crippen LogP contribution in [0.1, 0.15) is 51.0 Å². The molecule has 1 aliphatic heterocycles. The standard InChI is InChI=1S/C25H27NO4/c1-3-29-18-14-12-17(13-15-18)26-21-9-7-10-22(27)25(21)20(16-24(26)28)19-8-5-6-11-23(19)30-4-2/h5-6,8,11-15,20H,3-4,7,9-10,16H2,1-2H3. The molecule has 1 unspecified atom stereocenters. The molecular formula is C25H27NO4. The molecule has 1 aliphatic carbocycles. The van der Waals surface area contributed by atoms with Crippen molar-refractivity contribution in [2.75, 3.05) is 18.1 Å². The van der Waals surface area contributed by atoms with Crippen LogP contribution in [0.15, 0.2) is 59.8 Å². The van der Waals surface area contributed by atoms with Crippen molar-refractivity contribution in [2.45, 2.75) is 45.4 Å². The van der Waals surface area contributed by atoms with E-state index < -0.39 is 0 Å². The summed E-state index contributed by atoms with van der Waals surface area (Å²) in [6.45, 7) is 5.00. The van der Waals surface area contributed by atoms with E-state index in [0.717, 1.165) is 40.4 Å². The van der Waals surface area contributed by atoms with Crippen molar-refractivity contribution in [1.82, 2.24) is 0 Å². The smallest absolute Gasteiger partial charge is 0.232 e. The van der Waals surface area contributed by atoms with E-state index in [4.69, 9.17) is 9.47 Å². The highest BCUT2D eigenvalue weighted by molar-refractivity contribution is 6.07. The topological polar surface area (TPSA) is 55.8 Å². The normalized spacial score (nSPS) is 19.0. The van der Waals surface area contributed by atoms with Crippen molar-refractivity contribution in [3.63, 3.8) is 0 Å². The van der Waals surface area contributed by atoms with Crippen LogP contribution < -0.4 is 14.4 Å². The number of ketones is 1. The molecule has 0 saturated carbocycles. The highest BCUT2D eigenvalue weighted by atomic mass is 16.5. The van der Waals surface area contributed by atoms with Gasteiger partial charge in [0, 0.05) is 41.3 Å². The third kappa shape index (κ3) is 3.72. The monoisotopic (exact) mass is 405 g/mol. The van der Waals surface area contributed by atoms with Crippen LogP contribution in [-0.4, -0.2) is 24.9 Å². The van der Waals surface area contributed by atoms with E-state index in [1.807, 2.05) is 62.4 Å². The Bertz CT molecular complexity index is 977. The fourth-order valence-corrected chi connectivity index (χ4v) is 4.47. The van der Waals surface area contributed by atoms with E-state index >= 15 is 0 Å².